The number of fused-ring (bicyclic) bond motifs is 1. The first-order chi connectivity index (χ1) is 7.27. The predicted molar refractivity (Wildman–Crippen MR) is 57.1 cm³/mol. The molecule has 78 valence electrons. The van der Waals surface area contributed by atoms with Crippen molar-refractivity contribution in [2.45, 2.75) is 13.3 Å². The molecule has 2 rings (SSSR count). The van der Waals surface area contributed by atoms with Gasteiger partial charge < -0.3 is 4.90 Å². The highest BCUT2D eigenvalue weighted by molar-refractivity contribution is 5.99. The van der Waals surface area contributed by atoms with Gasteiger partial charge in [-0.15, -0.1) is 0 Å². The van der Waals surface area contributed by atoms with Gasteiger partial charge in [-0.3, -0.25) is 9.59 Å². The Labute approximate surface area is 88.7 Å². The second-order valence-electron chi connectivity index (χ2n) is 3.63. The Bertz CT molecular complexity index is 412. The Balaban J connectivity index is 2.49. The Morgan fingerprint density at radius 3 is 2.93 bits per heavy atom. The summed E-state index contributed by atoms with van der Waals surface area (Å²) >= 11 is 0. The van der Waals surface area contributed by atoms with Crippen molar-refractivity contribution < 1.29 is 9.59 Å². The van der Waals surface area contributed by atoms with Crippen LogP contribution in [0.25, 0.3) is 0 Å². The molecule has 15 heavy (non-hydrogen) atoms. The zero-order chi connectivity index (χ0) is 10.8. The third kappa shape index (κ3) is 1.54. The molecule has 1 amide bonds. The maximum Gasteiger partial charge on any atom is 0.254 e. The number of hydrogen-bond donors (Lipinski definition) is 0. The van der Waals surface area contributed by atoms with Gasteiger partial charge >= 0.3 is 0 Å². The summed E-state index contributed by atoms with van der Waals surface area (Å²) in [7, 11) is 0. The van der Waals surface area contributed by atoms with Crippen molar-refractivity contribution in [3.8, 4) is 0 Å². The zero-order valence-electron chi connectivity index (χ0n) is 8.69. The van der Waals surface area contributed by atoms with Crippen molar-refractivity contribution >= 4 is 12.2 Å². The highest BCUT2D eigenvalue weighted by atomic mass is 16.2. The van der Waals surface area contributed by atoms with E-state index in [0.717, 1.165) is 24.8 Å². The van der Waals surface area contributed by atoms with Crippen LogP contribution in [0.5, 0.6) is 0 Å². The fourth-order valence-corrected chi connectivity index (χ4v) is 2.01. The number of carbonyl (C=O) groups is 2. The van der Waals surface area contributed by atoms with Crippen molar-refractivity contribution in [1.29, 1.82) is 0 Å². The molecule has 3 heteroatoms. The van der Waals surface area contributed by atoms with E-state index in [4.69, 9.17) is 0 Å². The lowest BCUT2D eigenvalue weighted by molar-refractivity contribution is 0.0749. The van der Waals surface area contributed by atoms with Gasteiger partial charge in [-0.1, -0.05) is 12.1 Å². The number of amides is 1. The van der Waals surface area contributed by atoms with E-state index in [9.17, 15) is 9.59 Å². The van der Waals surface area contributed by atoms with E-state index < -0.39 is 0 Å². The molecule has 1 aliphatic rings. The normalized spacial score (nSPS) is 15.0. The number of nitrogens with zero attached hydrogens (tertiary/aromatic N) is 1. The molecule has 0 unspecified atom stereocenters. The largest absolute Gasteiger partial charge is 0.339 e. The van der Waals surface area contributed by atoms with Crippen LogP contribution in [0.15, 0.2) is 18.2 Å². The quantitative estimate of drug-likeness (QED) is 0.683. The van der Waals surface area contributed by atoms with E-state index in [1.165, 1.54) is 0 Å². The molecule has 1 aliphatic heterocycles. The van der Waals surface area contributed by atoms with Crippen LogP contribution in [0, 0.1) is 0 Å². The summed E-state index contributed by atoms with van der Waals surface area (Å²) in [5, 5.41) is 0. The molecule has 1 heterocycles. The molecule has 0 radical (unpaired) electrons. The third-order valence-electron chi connectivity index (χ3n) is 2.87. The van der Waals surface area contributed by atoms with Gasteiger partial charge in [-0.05, 0) is 25.0 Å². The Morgan fingerprint density at radius 2 is 2.27 bits per heavy atom. The number of benzene rings is 1. The SMILES string of the molecule is CCN1CCc2c(C=O)cccc2C1=O. The van der Waals surface area contributed by atoms with Crippen LogP contribution in [0.3, 0.4) is 0 Å². The molecule has 0 spiro atoms. The van der Waals surface area contributed by atoms with E-state index in [1.54, 1.807) is 23.1 Å². The fraction of sp³-hybridized carbons (Fsp3) is 0.333. The smallest absolute Gasteiger partial charge is 0.254 e. The molecule has 0 fully saturated rings. The number of aldehydes is 1. The molecule has 1 aromatic rings. The van der Waals surface area contributed by atoms with E-state index >= 15 is 0 Å². The van der Waals surface area contributed by atoms with Crippen molar-refractivity contribution in [1.82, 2.24) is 4.90 Å². The second-order valence-corrected chi connectivity index (χ2v) is 3.63. The van der Waals surface area contributed by atoms with Crippen LogP contribution in [-0.4, -0.2) is 30.2 Å². The summed E-state index contributed by atoms with van der Waals surface area (Å²) in [4.78, 5) is 24.5. The minimum absolute atomic E-state index is 0.0439. The summed E-state index contributed by atoms with van der Waals surface area (Å²) in [5.74, 6) is 0.0439. The van der Waals surface area contributed by atoms with Gasteiger partial charge in [0.2, 0.25) is 0 Å². The van der Waals surface area contributed by atoms with Crippen LogP contribution < -0.4 is 0 Å². The molecule has 0 saturated carbocycles. The maximum absolute atomic E-state index is 11.9. The minimum Gasteiger partial charge on any atom is -0.339 e. The number of rotatable bonds is 2. The molecular weight excluding hydrogens is 190 g/mol. The molecule has 1 aromatic carbocycles. The van der Waals surface area contributed by atoms with Gasteiger partial charge in [0.05, 0.1) is 0 Å². The van der Waals surface area contributed by atoms with Crippen molar-refractivity contribution in [2.75, 3.05) is 13.1 Å². The average molecular weight is 203 g/mol. The summed E-state index contributed by atoms with van der Waals surface area (Å²) in [6, 6.07) is 5.33. The van der Waals surface area contributed by atoms with Gasteiger partial charge in [0, 0.05) is 24.2 Å². The summed E-state index contributed by atoms with van der Waals surface area (Å²) in [5.41, 5.74) is 2.24. The molecule has 0 saturated heterocycles. The van der Waals surface area contributed by atoms with E-state index in [-0.39, 0.29) is 5.91 Å². The monoisotopic (exact) mass is 203 g/mol. The third-order valence-corrected chi connectivity index (χ3v) is 2.87. The molecule has 0 N–H and O–H groups in total. The van der Waals surface area contributed by atoms with Crippen LogP contribution >= 0.6 is 0 Å². The highest BCUT2D eigenvalue weighted by Crippen LogP contribution is 2.21. The van der Waals surface area contributed by atoms with Gasteiger partial charge in [-0.2, -0.15) is 0 Å². The lowest BCUT2D eigenvalue weighted by atomic mass is 9.94. The van der Waals surface area contributed by atoms with Crippen LogP contribution in [0.2, 0.25) is 0 Å². The van der Waals surface area contributed by atoms with Crippen LogP contribution in [0.1, 0.15) is 33.2 Å². The molecule has 0 aromatic heterocycles. The Morgan fingerprint density at radius 1 is 1.47 bits per heavy atom. The molecule has 3 nitrogen and oxygen atoms in total. The summed E-state index contributed by atoms with van der Waals surface area (Å²) in [6.07, 6.45) is 1.61. The lowest BCUT2D eigenvalue weighted by Crippen LogP contribution is -2.37. The van der Waals surface area contributed by atoms with Crippen LogP contribution in [-0.2, 0) is 6.42 Å². The number of likely N-dealkylation sites (N-methyl/N-ethyl adjacent to an activating group) is 1. The molecular formula is C12H13NO2. The topological polar surface area (TPSA) is 37.4 Å². The van der Waals surface area contributed by atoms with E-state index in [2.05, 4.69) is 0 Å². The van der Waals surface area contributed by atoms with Crippen molar-refractivity contribution in [3.05, 3.63) is 34.9 Å². The molecule has 0 bridgehead atoms. The maximum atomic E-state index is 11.9. The lowest BCUT2D eigenvalue weighted by Gasteiger charge is -2.27. The number of carbonyl (C=O) groups excluding carboxylic acids is 2. The molecule has 0 atom stereocenters. The van der Waals surface area contributed by atoms with Crippen molar-refractivity contribution in [3.63, 3.8) is 0 Å². The van der Waals surface area contributed by atoms with Gasteiger partial charge in [-0.25, -0.2) is 0 Å². The zero-order valence-corrected chi connectivity index (χ0v) is 8.69. The summed E-state index contributed by atoms with van der Waals surface area (Å²) < 4.78 is 0. The average Bonchev–Trinajstić information content (AvgIpc) is 2.29. The Hall–Kier alpha value is -1.64. The first-order valence-corrected chi connectivity index (χ1v) is 5.14. The second kappa shape index (κ2) is 3.85. The van der Waals surface area contributed by atoms with Gasteiger partial charge in [0.15, 0.2) is 0 Å². The van der Waals surface area contributed by atoms with Crippen molar-refractivity contribution in [2.24, 2.45) is 0 Å². The van der Waals surface area contributed by atoms with E-state index in [1.807, 2.05) is 6.92 Å². The highest BCUT2D eigenvalue weighted by Gasteiger charge is 2.24. The standard InChI is InChI=1S/C12H13NO2/c1-2-13-7-6-10-9(8-14)4-3-5-11(10)12(13)15/h3-5,8H,2,6-7H2,1H3. The van der Waals surface area contributed by atoms with Gasteiger partial charge in [0.1, 0.15) is 6.29 Å². The first-order valence-electron chi connectivity index (χ1n) is 5.14. The molecule has 0 aliphatic carbocycles. The number of hydrogen-bond acceptors (Lipinski definition) is 2. The van der Waals surface area contributed by atoms with E-state index in [0.29, 0.717) is 17.7 Å². The summed E-state index contributed by atoms with van der Waals surface area (Å²) in [6.45, 7) is 3.41. The van der Waals surface area contributed by atoms with Gasteiger partial charge in [0.25, 0.3) is 5.91 Å². The predicted octanol–water partition coefficient (Wildman–Crippen LogP) is 1.52. The van der Waals surface area contributed by atoms with Crippen LogP contribution in [0.4, 0.5) is 0 Å². The Kier molecular flexibility index (Phi) is 2.54. The minimum atomic E-state index is 0.0439. The fourth-order valence-electron chi connectivity index (χ4n) is 2.01. The first kappa shape index (κ1) is 9.90.